The van der Waals surface area contributed by atoms with Crippen molar-refractivity contribution in [1.82, 2.24) is 19.5 Å². The first-order chi connectivity index (χ1) is 25.8. The van der Waals surface area contributed by atoms with Crippen molar-refractivity contribution in [2.45, 2.75) is 9.79 Å². The maximum absolute atomic E-state index is 5.07. The minimum Gasteiger partial charge on any atom is -0.309 e. The first-order valence-corrected chi connectivity index (χ1v) is 18.3. The smallest absolute Gasteiger partial charge is 0.164 e. The number of rotatable bonds is 4. The van der Waals surface area contributed by atoms with Gasteiger partial charge in [0.1, 0.15) is 0 Å². The summed E-state index contributed by atoms with van der Waals surface area (Å²) in [6.07, 6.45) is 0. The van der Waals surface area contributed by atoms with Crippen LogP contribution in [0, 0.1) is 0 Å². The van der Waals surface area contributed by atoms with Crippen molar-refractivity contribution < 1.29 is 0 Å². The second-order valence-corrected chi connectivity index (χ2v) is 14.3. The molecular formula is C47H28N4S. The lowest BCUT2D eigenvalue weighted by atomic mass is 9.94. The molecule has 1 aliphatic heterocycles. The number of aromatic nitrogens is 4. The zero-order valence-electron chi connectivity index (χ0n) is 27.9. The molecule has 0 atom stereocenters. The van der Waals surface area contributed by atoms with Gasteiger partial charge in [0.05, 0.1) is 11.0 Å². The first kappa shape index (κ1) is 29.2. The van der Waals surface area contributed by atoms with Gasteiger partial charge in [-0.05, 0) is 63.7 Å². The normalized spacial score (nSPS) is 12.2. The molecule has 8 aromatic carbocycles. The van der Waals surface area contributed by atoms with Crippen molar-refractivity contribution in [3.8, 4) is 51.0 Å². The van der Waals surface area contributed by atoms with Crippen LogP contribution in [0.1, 0.15) is 0 Å². The van der Waals surface area contributed by atoms with Crippen LogP contribution in [-0.2, 0) is 0 Å². The fraction of sp³-hybridized carbons (Fsp3) is 0. The molecule has 52 heavy (non-hydrogen) atoms. The number of fused-ring (bicyclic) bond motifs is 7. The Labute approximate surface area is 304 Å². The Bertz CT molecular complexity index is 2980. The molecule has 0 saturated carbocycles. The van der Waals surface area contributed by atoms with Gasteiger partial charge in [-0.25, -0.2) is 15.0 Å². The van der Waals surface area contributed by atoms with Crippen LogP contribution in [0.4, 0.5) is 0 Å². The highest BCUT2D eigenvalue weighted by Gasteiger charge is 2.24. The molecule has 1 aliphatic rings. The molecule has 0 radical (unpaired) electrons. The molecule has 0 spiro atoms. The molecule has 242 valence electrons. The summed E-state index contributed by atoms with van der Waals surface area (Å²) >= 11 is 1.84. The van der Waals surface area contributed by atoms with Crippen LogP contribution >= 0.6 is 11.8 Å². The quantitative estimate of drug-likeness (QED) is 0.186. The molecule has 0 saturated heterocycles. The molecular weight excluding hydrogens is 653 g/mol. The standard InChI is InChI=1S/C47H28N4S/c1-3-13-30(14-4-1)45-48-46(31-15-5-2-6-16-31)50-47(49-45)37-25-27-41-44-35(19-11-20-36(37)44)34-24-23-32(28-42(34)52-41)51-39-21-10-9-18-38(39)43-33-17-8-7-12-29(33)22-26-40(43)51/h1-28H. The maximum Gasteiger partial charge on any atom is 0.164 e. The summed E-state index contributed by atoms with van der Waals surface area (Å²) in [5.74, 6) is 1.99. The Morgan fingerprint density at radius 2 is 1.04 bits per heavy atom. The number of hydrogen-bond donors (Lipinski definition) is 0. The Balaban J connectivity index is 1.08. The van der Waals surface area contributed by atoms with Crippen molar-refractivity contribution >= 4 is 55.1 Å². The van der Waals surface area contributed by atoms with E-state index in [4.69, 9.17) is 15.0 Å². The number of benzene rings is 8. The maximum atomic E-state index is 5.07. The Morgan fingerprint density at radius 1 is 0.385 bits per heavy atom. The van der Waals surface area contributed by atoms with Gasteiger partial charge < -0.3 is 4.57 Å². The third-order valence-electron chi connectivity index (χ3n) is 10.2. The predicted octanol–water partition coefficient (Wildman–Crippen LogP) is 12.4. The second kappa shape index (κ2) is 11.5. The number of hydrogen-bond acceptors (Lipinski definition) is 4. The molecule has 5 heteroatoms. The highest BCUT2D eigenvalue weighted by Crippen LogP contribution is 2.50. The van der Waals surface area contributed by atoms with E-state index in [0.29, 0.717) is 17.5 Å². The van der Waals surface area contributed by atoms with E-state index in [9.17, 15) is 0 Å². The van der Waals surface area contributed by atoms with Gasteiger partial charge >= 0.3 is 0 Å². The average Bonchev–Trinajstić information content (AvgIpc) is 3.56. The molecule has 0 unspecified atom stereocenters. The van der Waals surface area contributed by atoms with E-state index in [2.05, 4.69) is 138 Å². The summed E-state index contributed by atoms with van der Waals surface area (Å²) < 4.78 is 2.42. The summed E-state index contributed by atoms with van der Waals surface area (Å²) in [6.45, 7) is 0. The van der Waals surface area contributed by atoms with E-state index in [1.54, 1.807) is 0 Å². The van der Waals surface area contributed by atoms with E-state index in [1.165, 1.54) is 58.9 Å². The third-order valence-corrected chi connectivity index (χ3v) is 11.4. The van der Waals surface area contributed by atoms with Crippen molar-refractivity contribution in [3.05, 3.63) is 170 Å². The zero-order chi connectivity index (χ0) is 34.2. The van der Waals surface area contributed by atoms with E-state index in [0.717, 1.165) is 27.8 Å². The summed E-state index contributed by atoms with van der Waals surface area (Å²) in [7, 11) is 0. The zero-order valence-corrected chi connectivity index (χ0v) is 28.7. The Morgan fingerprint density at radius 3 is 1.83 bits per heavy atom. The Hall–Kier alpha value is -6.56. The monoisotopic (exact) mass is 680 g/mol. The SMILES string of the molecule is c1ccc(-c2nc(-c3ccccc3)nc(-c3ccc4c5c(cccc35)-c3ccc(-n5c6ccccc6c6c7ccccc7ccc65)cc3S4)n2)cc1. The molecule has 0 amide bonds. The summed E-state index contributed by atoms with van der Waals surface area (Å²) in [5, 5.41) is 7.47. The molecule has 10 aromatic rings. The molecule has 0 aliphatic carbocycles. The molecule has 2 aromatic heterocycles. The fourth-order valence-corrected chi connectivity index (χ4v) is 9.06. The van der Waals surface area contributed by atoms with Crippen LogP contribution in [0.3, 0.4) is 0 Å². The van der Waals surface area contributed by atoms with E-state index >= 15 is 0 Å². The molecule has 0 bridgehead atoms. The summed E-state index contributed by atoms with van der Waals surface area (Å²) in [5.41, 5.74) is 8.97. The van der Waals surface area contributed by atoms with Crippen LogP contribution in [-0.4, -0.2) is 19.5 Å². The molecule has 0 fully saturated rings. The minimum atomic E-state index is 0.662. The average molecular weight is 681 g/mol. The van der Waals surface area contributed by atoms with Gasteiger partial charge in [0, 0.05) is 48.3 Å². The largest absolute Gasteiger partial charge is 0.309 e. The van der Waals surface area contributed by atoms with Crippen LogP contribution in [0.2, 0.25) is 0 Å². The van der Waals surface area contributed by atoms with Gasteiger partial charge in [0.25, 0.3) is 0 Å². The highest BCUT2D eigenvalue weighted by molar-refractivity contribution is 7.99. The van der Waals surface area contributed by atoms with Crippen molar-refractivity contribution in [2.24, 2.45) is 0 Å². The van der Waals surface area contributed by atoms with Crippen molar-refractivity contribution in [3.63, 3.8) is 0 Å². The van der Waals surface area contributed by atoms with E-state index in [-0.39, 0.29) is 0 Å². The topological polar surface area (TPSA) is 43.6 Å². The molecule has 0 N–H and O–H groups in total. The van der Waals surface area contributed by atoms with Crippen LogP contribution in [0.15, 0.2) is 180 Å². The first-order valence-electron chi connectivity index (χ1n) is 17.5. The molecule has 4 nitrogen and oxygen atoms in total. The molecule has 11 rings (SSSR count). The van der Waals surface area contributed by atoms with Crippen molar-refractivity contribution in [2.75, 3.05) is 0 Å². The van der Waals surface area contributed by atoms with Gasteiger partial charge in [0.15, 0.2) is 17.5 Å². The van der Waals surface area contributed by atoms with Gasteiger partial charge in [0.2, 0.25) is 0 Å². The van der Waals surface area contributed by atoms with Crippen molar-refractivity contribution in [1.29, 1.82) is 0 Å². The summed E-state index contributed by atoms with van der Waals surface area (Å²) in [6, 6.07) is 60.3. The van der Waals surface area contributed by atoms with Crippen LogP contribution < -0.4 is 0 Å². The highest BCUT2D eigenvalue weighted by atomic mass is 32.2. The predicted molar refractivity (Wildman–Crippen MR) is 215 cm³/mol. The van der Waals surface area contributed by atoms with Gasteiger partial charge in [-0.15, -0.1) is 0 Å². The second-order valence-electron chi connectivity index (χ2n) is 13.2. The fourth-order valence-electron chi connectivity index (χ4n) is 7.90. The lowest BCUT2D eigenvalue weighted by molar-refractivity contribution is 1.08. The minimum absolute atomic E-state index is 0.662. The van der Waals surface area contributed by atoms with Gasteiger partial charge in [-0.2, -0.15) is 0 Å². The van der Waals surface area contributed by atoms with Gasteiger partial charge in [-0.3, -0.25) is 0 Å². The number of para-hydroxylation sites is 1. The lowest BCUT2D eigenvalue weighted by Crippen LogP contribution is -2.01. The lowest BCUT2D eigenvalue weighted by Gasteiger charge is -2.22. The molecule has 3 heterocycles. The summed E-state index contributed by atoms with van der Waals surface area (Å²) in [4.78, 5) is 17.5. The van der Waals surface area contributed by atoms with Gasteiger partial charge in [-0.1, -0.05) is 145 Å². The number of nitrogens with zero attached hydrogens (tertiary/aromatic N) is 4. The van der Waals surface area contributed by atoms with Crippen LogP contribution in [0.5, 0.6) is 0 Å². The Kier molecular flexibility index (Phi) is 6.45. The van der Waals surface area contributed by atoms with Crippen LogP contribution in [0.25, 0.3) is 94.3 Å². The third kappa shape index (κ3) is 4.46. The van der Waals surface area contributed by atoms with E-state index < -0.39 is 0 Å². The van der Waals surface area contributed by atoms with E-state index in [1.807, 2.05) is 48.2 Å².